The van der Waals surface area contributed by atoms with Crippen LogP contribution in [0.2, 0.25) is 0 Å². The smallest absolute Gasteiger partial charge is 0.267 e. The lowest BCUT2D eigenvalue weighted by molar-refractivity contribution is 0.110. The van der Waals surface area contributed by atoms with Crippen LogP contribution in [0.25, 0.3) is 0 Å². The van der Waals surface area contributed by atoms with Gasteiger partial charge >= 0.3 is 0 Å². The van der Waals surface area contributed by atoms with Crippen molar-refractivity contribution in [3.8, 4) is 0 Å². The molecule has 0 aromatic carbocycles. The van der Waals surface area contributed by atoms with Gasteiger partial charge in [0.25, 0.3) is 6.43 Å². The summed E-state index contributed by atoms with van der Waals surface area (Å²) in [4.78, 5) is 14.2. The molecule has 14 heavy (non-hydrogen) atoms. The number of aromatic nitrogens is 1. The second kappa shape index (κ2) is 4.74. The highest BCUT2D eigenvalue weighted by Crippen LogP contribution is 2.26. The normalized spacial score (nSPS) is 10.6. The molecule has 1 aromatic rings. The number of halogens is 3. The van der Waals surface area contributed by atoms with Gasteiger partial charge in [-0.3, -0.25) is 4.79 Å². The van der Waals surface area contributed by atoms with E-state index in [1.807, 2.05) is 0 Å². The molecule has 0 saturated heterocycles. The van der Waals surface area contributed by atoms with E-state index < -0.39 is 6.43 Å². The van der Waals surface area contributed by atoms with E-state index >= 15 is 0 Å². The number of carbonyl (C=O) groups excluding carboxylic acids is 1. The highest BCUT2D eigenvalue weighted by Gasteiger charge is 2.18. The Morgan fingerprint density at radius 2 is 2.29 bits per heavy atom. The van der Waals surface area contributed by atoms with Crippen LogP contribution in [0.1, 0.15) is 28.2 Å². The summed E-state index contributed by atoms with van der Waals surface area (Å²) < 4.78 is 25.3. The predicted octanol–water partition coefficient (Wildman–Crippen LogP) is 1.90. The quantitative estimate of drug-likeness (QED) is 0.685. The van der Waals surface area contributed by atoms with E-state index in [0.717, 1.165) is 0 Å². The number of hydrogen-bond donors (Lipinski definition) is 1. The molecule has 1 aromatic heterocycles. The Balaban J connectivity index is 3.34. The van der Waals surface area contributed by atoms with E-state index in [0.29, 0.717) is 15.6 Å². The fourth-order valence-corrected chi connectivity index (χ4v) is 1.88. The molecule has 0 fully saturated rings. The predicted molar refractivity (Wildman–Crippen MR) is 55.2 cm³/mol. The molecule has 0 atom stereocenters. The van der Waals surface area contributed by atoms with Gasteiger partial charge < -0.3 is 5.73 Å². The molecule has 0 aliphatic rings. The number of rotatable bonds is 3. The van der Waals surface area contributed by atoms with Crippen LogP contribution in [-0.2, 0) is 6.54 Å². The molecular weight excluding hydrogens is 305 g/mol. The SMILES string of the molecule is NCc1cc(I)c(C(F)F)c(C=O)n1. The first-order valence-electron chi connectivity index (χ1n) is 3.72. The third-order valence-corrected chi connectivity index (χ3v) is 2.52. The lowest BCUT2D eigenvalue weighted by atomic mass is 10.2. The Bertz CT molecular complexity index is 357. The number of pyridine rings is 1. The molecule has 0 amide bonds. The Morgan fingerprint density at radius 3 is 2.71 bits per heavy atom. The van der Waals surface area contributed by atoms with E-state index in [4.69, 9.17) is 5.73 Å². The maximum atomic E-state index is 12.5. The van der Waals surface area contributed by atoms with Crippen LogP contribution in [-0.4, -0.2) is 11.3 Å². The number of alkyl halides is 2. The molecule has 1 heterocycles. The Kier molecular flexibility index (Phi) is 3.87. The molecule has 76 valence electrons. The van der Waals surface area contributed by atoms with E-state index in [1.165, 1.54) is 6.07 Å². The monoisotopic (exact) mass is 312 g/mol. The number of carbonyl (C=O) groups is 1. The maximum Gasteiger partial charge on any atom is 0.267 e. The largest absolute Gasteiger partial charge is 0.325 e. The zero-order valence-electron chi connectivity index (χ0n) is 7.01. The van der Waals surface area contributed by atoms with Crippen LogP contribution in [0.5, 0.6) is 0 Å². The summed E-state index contributed by atoms with van der Waals surface area (Å²) in [6.45, 7) is 0.125. The van der Waals surface area contributed by atoms with Crippen molar-refractivity contribution < 1.29 is 13.6 Å². The molecule has 0 radical (unpaired) electrons. The van der Waals surface area contributed by atoms with Crippen LogP contribution in [0, 0.1) is 3.57 Å². The van der Waals surface area contributed by atoms with Crippen LogP contribution in [0.3, 0.4) is 0 Å². The Morgan fingerprint density at radius 1 is 1.64 bits per heavy atom. The minimum Gasteiger partial charge on any atom is -0.325 e. The molecule has 0 aliphatic heterocycles. The standard InChI is InChI=1S/C8H7F2IN2O/c9-8(10)7-5(11)1-4(2-12)13-6(7)3-14/h1,3,8H,2,12H2. The van der Waals surface area contributed by atoms with Gasteiger partial charge in [-0.2, -0.15) is 0 Å². The van der Waals surface area contributed by atoms with E-state index in [9.17, 15) is 13.6 Å². The van der Waals surface area contributed by atoms with E-state index in [1.54, 1.807) is 22.6 Å². The van der Waals surface area contributed by atoms with Crippen LogP contribution >= 0.6 is 22.6 Å². The van der Waals surface area contributed by atoms with Gasteiger partial charge in [0, 0.05) is 10.1 Å². The van der Waals surface area contributed by atoms with Crippen molar-refractivity contribution >= 4 is 28.9 Å². The summed E-state index contributed by atoms with van der Waals surface area (Å²) in [5.41, 5.74) is 5.18. The highest BCUT2D eigenvalue weighted by atomic mass is 127. The topological polar surface area (TPSA) is 56.0 Å². The van der Waals surface area contributed by atoms with Gasteiger partial charge in [0.1, 0.15) is 5.69 Å². The fourth-order valence-electron chi connectivity index (χ4n) is 1.00. The van der Waals surface area contributed by atoms with Crippen molar-refractivity contribution in [3.05, 3.63) is 26.6 Å². The Labute approximate surface area is 92.8 Å². The molecule has 1 rings (SSSR count). The lowest BCUT2D eigenvalue weighted by Gasteiger charge is -2.07. The minimum absolute atomic E-state index is 0.125. The van der Waals surface area contributed by atoms with Crippen LogP contribution < -0.4 is 5.73 Å². The van der Waals surface area contributed by atoms with Gasteiger partial charge in [0.15, 0.2) is 6.29 Å². The lowest BCUT2D eigenvalue weighted by Crippen LogP contribution is -2.07. The number of nitrogens with two attached hydrogens (primary N) is 1. The first-order valence-corrected chi connectivity index (χ1v) is 4.80. The molecule has 3 nitrogen and oxygen atoms in total. The summed E-state index contributed by atoms with van der Waals surface area (Å²) in [7, 11) is 0. The van der Waals surface area contributed by atoms with Gasteiger partial charge in [-0.25, -0.2) is 13.8 Å². The second-order valence-corrected chi connectivity index (χ2v) is 3.68. The van der Waals surface area contributed by atoms with Gasteiger partial charge in [0.2, 0.25) is 0 Å². The number of hydrogen-bond acceptors (Lipinski definition) is 3. The molecule has 2 N–H and O–H groups in total. The number of nitrogens with zero attached hydrogens (tertiary/aromatic N) is 1. The molecule has 0 bridgehead atoms. The second-order valence-electron chi connectivity index (χ2n) is 2.52. The molecule has 0 saturated carbocycles. The van der Waals surface area contributed by atoms with Crippen molar-refractivity contribution in [2.75, 3.05) is 0 Å². The van der Waals surface area contributed by atoms with Crippen molar-refractivity contribution in [3.63, 3.8) is 0 Å². The van der Waals surface area contributed by atoms with Crippen molar-refractivity contribution in [1.29, 1.82) is 0 Å². The zero-order valence-corrected chi connectivity index (χ0v) is 9.16. The van der Waals surface area contributed by atoms with E-state index in [2.05, 4.69) is 4.98 Å². The number of aldehydes is 1. The summed E-state index contributed by atoms with van der Waals surface area (Å²) in [6, 6.07) is 1.45. The summed E-state index contributed by atoms with van der Waals surface area (Å²) >= 11 is 1.74. The first-order chi connectivity index (χ1) is 6.60. The van der Waals surface area contributed by atoms with Crippen molar-refractivity contribution in [2.24, 2.45) is 5.73 Å². The summed E-state index contributed by atoms with van der Waals surface area (Å²) in [5.74, 6) is 0. The summed E-state index contributed by atoms with van der Waals surface area (Å²) in [5, 5.41) is 0. The van der Waals surface area contributed by atoms with E-state index in [-0.39, 0.29) is 17.8 Å². The third-order valence-electron chi connectivity index (χ3n) is 1.63. The van der Waals surface area contributed by atoms with Gasteiger partial charge in [-0.05, 0) is 28.7 Å². The van der Waals surface area contributed by atoms with Gasteiger partial charge in [0.05, 0.1) is 11.3 Å². The van der Waals surface area contributed by atoms with Gasteiger partial charge in [-0.1, -0.05) is 0 Å². The van der Waals surface area contributed by atoms with Crippen molar-refractivity contribution in [1.82, 2.24) is 4.98 Å². The molecular formula is C8H7F2IN2O. The highest BCUT2D eigenvalue weighted by molar-refractivity contribution is 14.1. The average Bonchev–Trinajstić information content (AvgIpc) is 2.15. The molecule has 6 heteroatoms. The molecule has 0 spiro atoms. The minimum atomic E-state index is -2.69. The molecule has 0 aliphatic carbocycles. The van der Waals surface area contributed by atoms with Gasteiger partial charge in [-0.15, -0.1) is 0 Å². The fraction of sp³-hybridized carbons (Fsp3) is 0.250. The van der Waals surface area contributed by atoms with Crippen molar-refractivity contribution in [2.45, 2.75) is 13.0 Å². The molecule has 0 unspecified atom stereocenters. The zero-order chi connectivity index (χ0) is 10.7. The average molecular weight is 312 g/mol. The third kappa shape index (κ3) is 2.24. The summed E-state index contributed by atoms with van der Waals surface area (Å²) in [6.07, 6.45) is -2.37. The van der Waals surface area contributed by atoms with Crippen LogP contribution in [0.4, 0.5) is 8.78 Å². The first kappa shape index (κ1) is 11.4. The Hall–Kier alpha value is -0.630. The maximum absolute atomic E-state index is 12.5. The van der Waals surface area contributed by atoms with Crippen LogP contribution in [0.15, 0.2) is 6.07 Å².